The van der Waals surface area contributed by atoms with E-state index in [9.17, 15) is 5.11 Å². The molecule has 2 heteroatoms. The van der Waals surface area contributed by atoms with E-state index in [4.69, 9.17) is 5.73 Å². The second kappa shape index (κ2) is 6.37. The lowest BCUT2D eigenvalue weighted by atomic mass is 9.32. The molecule has 6 fully saturated rings. The lowest BCUT2D eigenvalue weighted by molar-refractivity contribution is -0.243. The van der Waals surface area contributed by atoms with Gasteiger partial charge in [0.25, 0.3) is 0 Å². The zero-order chi connectivity index (χ0) is 22.9. The molecule has 0 aromatic rings. The highest BCUT2D eigenvalue weighted by Crippen LogP contribution is 2.77. The molecule has 6 rings (SSSR count). The average Bonchev–Trinajstić information content (AvgIpc) is 3.36. The molecule has 6 aliphatic rings. The summed E-state index contributed by atoms with van der Waals surface area (Å²) in [5.41, 5.74) is 9.35. The second-order valence-electron chi connectivity index (χ2n) is 15.6. The zero-order valence-corrected chi connectivity index (χ0v) is 22.0. The van der Waals surface area contributed by atoms with E-state index >= 15 is 0 Å². The Labute approximate surface area is 197 Å². The van der Waals surface area contributed by atoms with E-state index < -0.39 is 0 Å². The fourth-order valence-electron chi connectivity index (χ4n) is 12.0. The molecule has 6 saturated carbocycles. The number of hydrogen-bond acceptors (Lipinski definition) is 2. The van der Waals surface area contributed by atoms with E-state index in [0.717, 1.165) is 30.1 Å². The van der Waals surface area contributed by atoms with Crippen LogP contribution in [-0.2, 0) is 0 Å². The van der Waals surface area contributed by atoms with Crippen molar-refractivity contribution in [2.75, 3.05) is 0 Å². The third kappa shape index (κ3) is 2.51. The highest BCUT2D eigenvalue weighted by molar-refractivity contribution is 5.22. The maximum Gasteiger partial charge on any atom is 0.0594 e. The highest BCUT2D eigenvalue weighted by atomic mass is 16.3. The van der Waals surface area contributed by atoms with Crippen LogP contribution in [0, 0.1) is 56.7 Å². The molecule has 0 amide bonds. The van der Waals surface area contributed by atoms with Crippen molar-refractivity contribution in [1.29, 1.82) is 0 Å². The van der Waals surface area contributed by atoms with Crippen LogP contribution in [-0.4, -0.2) is 16.7 Å². The maximum atomic E-state index is 10.9. The van der Waals surface area contributed by atoms with Crippen LogP contribution in [0.3, 0.4) is 0 Å². The molecule has 6 aliphatic carbocycles. The van der Waals surface area contributed by atoms with Gasteiger partial charge in [0.1, 0.15) is 0 Å². The summed E-state index contributed by atoms with van der Waals surface area (Å²) in [6, 6.07) is 0. The van der Waals surface area contributed by atoms with Crippen LogP contribution in [0.4, 0.5) is 0 Å². The predicted octanol–water partition coefficient (Wildman–Crippen LogP) is 6.94. The number of aliphatic hydroxyl groups is 1. The first kappa shape index (κ1) is 22.4. The number of rotatable bonds is 1. The van der Waals surface area contributed by atoms with Gasteiger partial charge in [0.15, 0.2) is 0 Å². The van der Waals surface area contributed by atoms with E-state index in [1.54, 1.807) is 0 Å². The monoisotopic (exact) mass is 441 g/mol. The molecular formula is C30H51NO. The molecule has 0 heterocycles. The predicted molar refractivity (Wildman–Crippen MR) is 132 cm³/mol. The Kier molecular flexibility index (Phi) is 4.46. The van der Waals surface area contributed by atoms with E-state index in [-0.39, 0.29) is 17.1 Å². The first-order valence-electron chi connectivity index (χ1n) is 14.3. The molecule has 0 radical (unpaired) electrons. The van der Waals surface area contributed by atoms with Crippen molar-refractivity contribution in [3.8, 4) is 0 Å². The molecule has 0 saturated heterocycles. The van der Waals surface area contributed by atoms with Crippen LogP contribution >= 0.6 is 0 Å². The summed E-state index contributed by atoms with van der Waals surface area (Å²) in [6.45, 7) is 15.5. The molecule has 0 aliphatic heterocycles. The largest absolute Gasteiger partial charge is 0.393 e. The van der Waals surface area contributed by atoms with Gasteiger partial charge in [-0.05, 0) is 134 Å². The van der Waals surface area contributed by atoms with E-state index in [0.29, 0.717) is 27.6 Å². The number of nitrogens with two attached hydrogens (primary N) is 1. The third-order valence-electron chi connectivity index (χ3n) is 14.4. The molecule has 2 nitrogen and oxygen atoms in total. The van der Waals surface area contributed by atoms with Gasteiger partial charge >= 0.3 is 0 Å². The number of aliphatic hydroxyl groups excluding tert-OH is 1. The summed E-state index contributed by atoms with van der Waals surface area (Å²) in [5.74, 6) is 3.95. The number of fused-ring (bicyclic) bond motifs is 7. The van der Waals surface area contributed by atoms with Gasteiger partial charge in [-0.2, -0.15) is 0 Å². The van der Waals surface area contributed by atoms with Gasteiger partial charge in [-0.1, -0.05) is 41.5 Å². The van der Waals surface area contributed by atoms with Crippen LogP contribution in [0.15, 0.2) is 0 Å². The van der Waals surface area contributed by atoms with E-state index in [2.05, 4.69) is 41.5 Å². The third-order valence-corrected chi connectivity index (χ3v) is 14.4. The minimum Gasteiger partial charge on any atom is -0.393 e. The van der Waals surface area contributed by atoms with Crippen molar-refractivity contribution in [3.05, 3.63) is 0 Å². The normalized spacial score (nSPS) is 60.0. The summed E-state index contributed by atoms with van der Waals surface area (Å²) in [5, 5.41) is 10.9. The van der Waals surface area contributed by atoms with Crippen molar-refractivity contribution >= 4 is 0 Å². The Hall–Kier alpha value is -0.0800. The first-order chi connectivity index (χ1) is 14.8. The molecule has 0 aromatic heterocycles. The Morgan fingerprint density at radius 3 is 2.03 bits per heavy atom. The van der Waals surface area contributed by atoms with Gasteiger partial charge < -0.3 is 10.8 Å². The van der Waals surface area contributed by atoms with Gasteiger partial charge in [-0.3, -0.25) is 0 Å². The Morgan fingerprint density at radius 2 is 1.34 bits per heavy atom. The van der Waals surface area contributed by atoms with Crippen LogP contribution in [0.1, 0.15) is 119 Å². The Morgan fingerprint density at radius 1 is 0.625 bits per heavy atom. The maximum absolute atomic E-state index is 10.9. The Balaban J connectivity index is 1.39. The van der Waals surface area contributed by atoms with Crippen LogP contribution < -0.4 is 5.73 Å². The second-order valence-corrected chi connectivity index (χ2v) is 15.6. The first-order valence-corrected chi connectivity index (χ1v) is 14.3. The lowest BCUT2D eigenvalue weighted by Crippen LogP contribution is -2.68. The summed E-state index contributed by atoms with van der Waals surface area (Å²) < 4.78 is 0. The minimum absolute atomic E-state index is 0.0577. The summed E-state index contributed by atoms with van der Waals surface area (Å²) in [7, 11) is 0. The molecule has 10 atom stereocenters. The summed E-state index contributed by atoms with van der Waals surface area (Å²) >= 11 is 0. The molecule has 1 unspecified atom stereocenters. The Bertz CT molecular complexity index is 801. The smallest absolute Gasteiger partial charge is 0.0594 e. The summed E-state index contributed by atoms with van der Waals surface area (Å²) in [6.07, 6.45) is 15.8. The van der Waals surface area contributed by atoms with E-state index in [1.165, 1.54) is 70.6 Å². The molecule has 0 spiro atoms. The van der Waals surface area contributed by atoms with Crippen molar-refractivity contribution in [1.82, 2.24) is 0 Å². The van der Waals surface area contributed by atoms with Crippen molar-refractivity contribution in [3.63, 3.8) is 0 Å². The molecule has 32 heavy (non-hydrogen) atoms. The van der Waals surface area contributed by atoms with Crippen LogP contribution in [0.5, 0.6) is 0 Å². The number of hydrogen-bond donors (Lipinski definition) is 2. The van der Waals surface area contributed by atoms with Gasteiger partial charge in [0, 0.05) is 5.54 Å². The summed E-state index contributed by atoms with van der Waals surface area (Å²) in [4.78, 5) is 0. The fraction of sp³-hybridized carbons (Fsp3) is 1.00. The quantitative estimate of drug-likeness (QED) is 0.463. The SMILES string of the molecule is CC1(C2CC[C@]3(N)CC[C@]4(C)[C@H](CC[C@@H]5[C@@]6(C)CC[C@H](O)C(C)(C)[C@@H]6CC[C@]54C)[C@@H]23)CC1. The van der Waals surface area contributed by atoms with Gasteiger partial charge in [-0.25, -0.2) is 0 Å². The fourth-order valence-corrected chi connectivity index (χ4v) is 12.0. The molecule has 182 valence electrons. The van der Waals surface area contributed by atoms with Gasteiger partial charge in [0.2, 0.25) is 0 Å². The highest BCUT2D eigenvalue weighted by Gasteiger charge is 2.71. The topological polar surface area (TPSA) is 46.2 Å². The van der Waals surface area contributed by atoms with Gasteiger partial charge in [-0.15, -0.1) is 0 Å². The zero-order valence-electron chi connectivity index (χ0n) is 22.0. The van der Waals surface area contributed by atoms with Crippen LogP contribution in [0.2, 0.25) is 0 Å². The van der Waals surface area contributed by atoms with Crippen LogP contribution in [0.25, 0.3) is 0 Å². The van der Waals surface area contributed by atoms with Crippen molar-refractivity contribution in [2.24, 2.45) is 62.4 Å². The molecule has 3 N–H and O–H groups in total. The van der Waals surface area contributed by atoms with Crippen molar-refractivity contribution in [2.45, 2.75) is 130 Å². The van der Waals surface area contributed by atoms with E-state index in [1.807, 2.05) is 0 Å². The minimum atomic E-state index is -0.122. The van der Waals surface area contributed by atoms with Gasteiger partial charge in [0.05, 0.1) is 6.10 Å². The molecule has 0 aromatic carbocycles. The molecular weight excluding hydrogens is 390 g/mol. The average molecular weight is 442 g/mol. The standard InChI is InChI=1S/C30H51NO/c1-25(2)21-10-13-29(6)22(27(21,4)12-11-23(25)32)8-7-20-24-19(26(3)15-16-26)9-14-30(24,31)18-17-28(20,29)5/h19-24,32H,7-18,31H2,1-6H3/t19?,20-,21+,22-,23+,24-,27+,28-,29-,30+/m1/s1. The lowest BCUT2D eigenvalue weighted by Gasteiger charge is -2.73. The van der Waals surface area contributed by atoms with Crippen molar-refractivity contribution < 1.29 is 5.11 Å². The molecule has 0 bridgehead atoms.